The first-order valence-electron chi connectivity index (χ1n) is 8.09. The summed E-state index contributed by atoms with van der Waals surface area (Å²) in [6.45, 7) is 5.56. The minimum Gasteiger partial charge on any atom is -0.433 e. The molecule has 2 unspecified atom stereocenters. The van der Waals surface area contributed by atoms with Crippen LogP contribution < -0.4 is 0 Å². The molecule has 24 heavy (non-hydrogen) atoms. The Morgan fingerprint density at radius 2 is 2.08 bits per heavy atom. The molecule has 0 N–H and O–H groups in total. The number of carbonyl (C=O) groups is 1. The van der Waals surface area contributed by atoms with Crippen molar-refractivity contribution in [3.8, 4) is 0 Å². The third-order valence-corrected chi connectivity index (χ3v) is 4.19. The number of hydrogen-bond donors (Lipinski definition) is 0. The van der Waals surface area contributed by atoms with E-state index in [4.69, 9.17) is 19.7 Å². The van der Waals surface area contributed by atoms with E-state index in [1.807, 2.05) is 44.2 Å². The van der Waals surface area contributed by atoms with Gasteiger partial charge in [-0.05, 0) is 23.4 Å². The summed E-state index contributed by atoms with van der Waals surface area (Å²) in [7, 11) is 0. The summed E-state index contributed by atoms with van der Waals surface area (Å²) in [6.07, 6.45) is -0.978. The number of nitrogens with zero attached hydrogens (tertiary/aromatic N) is 3. The fourth-order valence-corrected chi connectivity index (χ4v) is 2.95. The molecule has 1 aliphatic heterocycles. The van der Waals surface area contributed by atoms with Gasteiger partial charge in [-0.3, -0.25) is 4.79 Å². The SMILES string of the molecule is CCC1O[C@H](OC(C)=O)C(OCc2ccccc2)[C@@H](N=[N+]=[N-])[C@@H]1C. The van der Waals surface area contributed by atoms with Gasteiger partial charge < -0.3 is 14.2 Å². The highest BCUT2D eigenvalue weighted by Crippen LogP contribution is 2.33. The molecule has 5 atom stereocenters. The van der Waals surface area contributed by atoms with Gasteiger partial charge in [0.1, 0.15) is 6.10 Å². The first-order chi connectivity index (χ1) is 11.6. The Balaban J connectivity index is 2.21. The van der Waals surface area contributed by atoms with Gasteiger partial charge in [-0.2, -0.15) is 0 Å². The molecule has 0 aromatic heterocycles. The van der Waals surface area contributed by atoms with E-state index >= 15 is 0 Å². The smallest absolute Gasteiger partial charge is 0.305 e. The number of hydrogen-bond acceptors (Lipinski definition) is 5. The molecular formula is C17H23N3O4. The number of esters is 1. The monoisotopic (exact) mass is 333 g/mol. The Morgan fingerprint density at radius 3 is 2.67 bits per heavy atom. The Kier molecular flexibility index (Phi) is 6.61. The number of ether oxygens (including phenoxy) is 3. The molecule has 0 saturated carbocycles. The molecule has 0 radical (unpaired) electrons. The summed E-state index contributed by atoms with van der Waals surface area (Å²) in [5.74, 6) is -0.504. The van der Waals surface area contributed by atoms with Gasteiger partial charge in [0.05, 0.1) is 18.8 Å². The summed E-state index contributed by atoms with van der Waals surface area (Å²) in [4.78, 5) is 14.4. The molecule has 1 saturated heterocycles. The van der Waals surface area contributed by atoms with Gasteiger partial charge >= 0.3 is 5.97 Å². The van der Waals surface area contributed by atoms with Crippen LogP contribution in [0.1, 0.15) is 32.8 Å². The lowest BCUT2D eigenvalue weighted by molar-refractivity contribution is -0.262. The average Bonchev–Trinajstić information content (AvgIpc) is 2.57. The molecule has 1 fully saturated rings. The van der Waals surface area contributed by atoms with Gasteiger partial charge in [-0.15, -0.1) is 0 Å². The molecule has 2 rings (SSSR count). The lowest BCUT2D eigenvalue weighted by atomic mass is 9.87. The van der Waals surface area contributed by atoms with Gasteiger partial charge in [0.2, 0.25) is 6.29 Å². The number of azide groups is 1. The Labute approximate surface area is 141 Å². The Bertz CT molecular complexity index is 589. The minimum atomic E-state index is -0.886. The van der Waals surface area contributed by atoms with Crippen molar-refractivity contribution >= 4 is 5.97 Å². The Hall–Kier alpha value is -2.08. The molecule has 130 valence electrons. The molecule has 1 aliphatic rings. The zero-order valence-electron chi connectivity index (χ0n) is 14.2. The van der Waals surface area contributed by atoms with Crippen LogP contribution in [0.5, 0.6) is 0 Å². The lowest BCUT2D eigenvalue weighted by Crippen LogP contribution is -2.54. The highest BCUT2D eigenvalue weighted by atomic mass is 16.7. The second-order valence-corrected chi connectivity index (χ2v) is 5.88. The second kappa shape index (κ2) is 8.68. The summed E-state index contributed by atoms with van der Waals surface area (Å²) >= 11 is 0. The molecule has 1 aromatic carbocycles. The maximum Gasteiger partial charge on any atom is 0.305 e. The van der Waals surface area contributed by atoms with E-state index < -0.39 is 24.4 Å². The normalized spacial score (nSPS) is 29.5. The van der Waals surface area contributed by atoms with Crippen LogP contribution in [0.15, 0.2) is 35.4 Å². The van der Waals surface area contributed by atoms with E-state index in [0.29, 0.717) is 6.61 Å². The maximum atomic E-state index is 11.4. The third-order valence-electron chi connectivity index (χ3n) is 4.19. The van der Waals surface area contributed by atoms with Gasteiger partial charge in [0.15, 0.2) is 0 Å². The van der Waals surface area contributed by atoms with E-state index in [2.05, 4.69) is 10.0 Å². The summed E-state index contributed by atoms with van der Waals surface area (Å²) in [5, 5.41) is 3.90. The topological polar surface area (TPSA) is 93.5 Å². The molecule has 7 heteroatoms. The summed E-state index contributed by atoms with van der Waals surface area (Å²) < 4.78 is 17.1. The van der Waals surface area contributed by atoms with Crippen molar-refractivity contribution < 1.29 is 19.0 Å². The quantitative estimate of drug-likeness (QED) is 0.344. The fourth-order valence-electron chi connectivity index (χ4n) is 2.95. The third kappa shape index (κ3) is 4.47. The predicted molar refractivity (Wildman–Crippen MR) is 87.8 cm³/mol. The van der Waals surface area contributed by atoms with Crippen LogP contribution in [0.3, 0.4) is 0 Å². The Morgan fingerprint density at radius 1 is 1.38 bits per heavy atom. The number of rotatable bonds is 6. The van der Waals surface area contributed by atoms with E-state index in [1.165, 1.54) is 6.92 Å². The van der Waals surface area contributed by atoms with E-state index in [-0.39, 0.29) is 12.0 Å². The van der Waals surface area contributed by atoms with Crippen molar-refractivity contribution in [2.75, 3.05) is 0 Å². The highest BCUT2D eigenvalue weighted by Gasteiger charge is 2.45. The molecule has 7 nitrogen and oxygen atoms in total. The van der Waals surface area contributed by atoms with E-state index in [1.54, 1.807) is 0 Å². The first kappa shape index (κ1) is 18.3. The van der Waals surface area contributed by atoms with Gasteiger partial charge in [-0.1, -0.05) is 49.3 Å². The first-order valence-corrected chi connectivity index (χ1v) is 8.09. The van der Waals surface area contributed by atoms with Crippen LogP contribution in [0.25, 0.3) is 10.4 Å². The molecular weight excluding hydrogens is 310 g/mol. The van der Waals surface area contributed by atoms with Crippen molar-refractivity contribution in [3.05, 3.63) is 46.3 Å². The average molecular weight is 333 g/mol. The molecule has 1 heterocycles. The lowest BCUT2D eigenvalue weighted by Gasteiger charge is -2.43. The fraction of sp³-hybridized carbons (Fsp3) is 0.588. The van der Waals surface area contributed by atoms with E-state index in [0.717, 1.165) is 12.0 Å². The zero-order chi connectivity index (χ0) is 17.5. The van der Waals surface area contributed by atoms with Crippen LogP contribution in [-0.4, -0.2) is 30.5 Å². The van der Waals surface area contributed by atoms with Crippen molar-refractivity contribution in [1.82, 2.24) is 0 Å². The molecule has 0 spiro atoms. The van der Waals surface area contributed by atoms with E-state index in [9.17, 15) is 4.79 Å². The van der Waals surface area contributed by atoms with Crippen LogP contribution in [0.4, 0.5) is 0 Å². The number of carbonyl (C=O) groups excluding carboxylic acids is 1. The zero-order valence-corrected chi connectivity index (χ0v) is 14.2. The standard InChI is InChI=1S/C17H23N3O4/c1-4-14-11(2)15(19-20-18)16(17(24-14)23-12(3)21)22-10-13-8-6-5-7-9-13/h5-9,11,14-17H,4,10H2,1-3H3/t11-,14?,15+,16?,17+/m1/s1. The van der Waals surface area contributed by atoms with Gasteiger partial charge in [0.25, 0.3) is 0 Å². The summed E-state index contributed by atoms with van der Waals surface area (Å²) in [5.41, 5.74) is 9.90. The summed E-state index contributed by atoms with van der Waals surface area (Å²) in [6, 6.07) is 9.16. The van der Waals surface area contributed by atoms with Crippen LogP contribution >= 0.6 is 0 Å². The van der Waals surface area contributed by atoms with Crippen molar-refractivity contribution in [2.24, 2.45) is 11.0 Å². The van der Waals surface area contributed by atoms with Crippen molar-refractivity contribution in [1.29, 1.82) is 0 Å². The molecule has 0 bridgehead atoms. The number of benzene rings is 1. The van der Waals surface area contributed by atoms with Gasteiger partial charge in [-0.25, -0.2) is 0 Å². The van der Waals surface area contributed by atoms with Crippen LogP contribution in [-0.2, 0) is 25.6 Å². The van der Waals surface area contributed by atoms with Crippen molar-refractivity contribution in [3.63, 3.8) is 0 Å². The molecule has 0 aliphatic carbocycles. The van der Waals surface area contributed by atoms with Crippen LogP contribution in [0, 0.1) is 5.92 Å². The highest BCUT2D eigenvalue weighted by molar-refractivity contribution is 5.66. The van der Waals surface area contributed by atoms with Gasteiger partial charge in [0, 0.05) is 11.8 Å². The molecule has 1 aromatic rings. The minimum absolute atomic E-state index is 0.0431. The predicted octanol–water partition coefficient (Wildman–Crippen LogP) is 3.58. The van der Waals surface area contributed by atoms with Crippen molar-refractivity contribution in [2.45, 2.75) is 58.3 Å². The second-order valence-electron chi connectivity index (χ2n) is 5.88. The maximum absolute atomic E-state index is 11.4. The largest absolute Gasteiger partial charge is 0.433 e. The van der Waals surface area contributed by atoms with Crippen LogP contribution in [0.2, 0.25) is 0 Å². The molecule has 0 amide bonds.